The Hall–Kier alpha value is -1.95. The molecule has 0 spiro atoms. The predicted molar refractivity (Wildman–Crippen MR) is 72.9 cm³/mol. The van der Waals surface area contributed by atoms with Crippen LogP contribution in [0, 0.1) is 0 Å². The summed E-state index contributed by atoms with van der Waals surface area (Å²) in [5.41, 5.74) is 1.76. The molecule has 4 nitrogen and oxygen atoms in total. The number of aromatic amines is 1. The Bertz CT molecular complexity index is 525. The zero-order valence-electron chi connectivity index (χ0n) is 11.2. The predicted octanol–water partition coefficient (Wildman–Crippen LogP) is 2.83. The zero-order chi connectivity index (χ0) is 14.4. The van der Waals surface area contributed by atoms with Gasteiger partial charge in [-0.05, 0) is 49.8 Å². The van der Waals surface area contributed by atoms with Crippen LogP contribution in [0.4, 0.5) is 8.78 Å². The Kier molecular flexibility index (Phi) is 5.06. The molecular weight excluding hydrogens is 264 g/mol. The molecule has 0 atom stereocenters. The van der Waals surface area contributed by atoms with Crippen LogP contribution >= 0.6 is 0 Å². The quantitative estimate of drug-likeness (QED) is 0.767. The van der Waals surface area contributed by atoms with Crippen molar-refractivity contribution in [2.45, 2.75) is 19.5 Å². The van der Waals surface area contributed by atoms with Gasteiger partial charge in [-0.15, -0.1) is 0 Å². The zero-order valence-corrected chi connectivity index (χ0v) is 11.2. The van der Waals surface area contributed by atoms with Crippen LogP contribution in [0.5, 0.6) is 5.75 Å². The maximum atomic E-state index is 12.1. The number of halogens is 2. The van der Waals surface area contributed by atoms with Gasteiger partial charge in [-0.2, -0.15) is 8.78 Å². The molecule has 2 N–H and O–H groups in total. The summed E-state index contributed by atoms with van der Waals surface area (Å²) >= 11 is 0. The Balaban J connectivity index is 2.00. The summed E-state index contributed by atoms with van der Waals surface area (Å²) < 4.78 is 28.4. The van der Waals surface area contributed by atoms with Gasteiger partial charge in [0.15, 0.2) is 0 Å². The average Bonchev–Trinajstić information content (AvgIpc) is 2.88. The largest absolute Gasteiger partial charge is 0.435 e. The molecule has 0 aliphatic rings. The average molecular weight is 281 g/mol. The summed E-state index contributed by atoms with van der Waals surface area (Å²) in [5.74, 6) is 1.07. The number of rotatable bonds is 7. The molecule has 1 aromatic carbocycles. The van der Waals surface area contributed by atoms with E-state index in [1.54, 1.807) is 18.3 Å². The molecule has 0 bridgehead atoms. The normalized spacial score (nSPS) is 11.0. The van der Waals surface area contributed by atoms with Gasteiger partial charge in [0.05, 0.1) is 11.9 Å². The molecule has 2 rings (SSSR count). The number of nitrogens with zero attached hydrogens (tertiary/aromatic N) is 1. The summed E-state index contributed by atoms with van der Waals surface area (Å²) in [6, 6.07) is 6.48. The van der Waals surface area contributed by atoms with Gasteiger partial charge in [0.2, 0.25) is 0 Å². The maximum absolute atomic E-state index is 12.1. The molecule has 0 saturated carbocycles. The molecular formula is C14H17F2N3O. The summed E-state index contributed by atoms with van der Waals surface area (Å²) in [6.07, 6.45) is 3.62. The number of aryl methyl sites for hydroxylation is 1. The van der Waals surface area contributed by atoms with Crippen molar-refractivity contribution in [1.29, 1.82) is 0 Å². The summed E-state index contributed by atoms with van der Waals surface area (Å²) in [7, 11) is 1.91. The van der Waals surface area contributed by atoms with E-state index in [4.69, 9.17) is 0 Å². The highest BCUT2D eigenvalue weighted by atomic mass is 19.3. The Morgan fingerprint density at radius 2 is 2.05 bits per heavy atom. The molecule has 1 heterocycles. The lowest BCUT2D eigenvalue weighted by Crippen LogP contribution is -2.08. The molecule has 2 aromatic rings. The summed E-state index contributed by atoms with van der Waals surface area (Å²) in [4.78, 5) is 7.52. The smallest absolute Gasteiger partial charge is 0.387 e. The van der Waals surface area contributed by atoms with Crippen molar-refractivity contribution in [1.82, 2.24) is 15.3 Å². The van der Waals surface area contributed by atoms with Gasteiger partial charge in [0.1, 0.15) is 11.6 Å². The summed E-state index contributed by atoms with van der Waals surface area (Å²) in [6.45, 7) is -1.86. The topological polar surface area (TPSA) is 49.9 Å². The van der Waals surface area contributed by atoms with Crippen LogP contribution in [0.25, 0.3) is 11.3 Å². The highest BCUT2D eigenvalue weighted by Crippen LogP contribution is 2.22. The van der Waals surface area contributed by atoms with Crippen LogP contribution in [-0.4, -0.2) is 30.2 Å². The van der Waals surface area contributed by atoms with E-state index in [2.05, 4.69) is 20.0 Å². The van der Waals surface area contributed by atoms with E-state index >= 15 is 0 Å². The number of hydrogen-bond donors (Lipinski definition) is 2. The molecule has 0 saturated heterocycles. The van der Waals surface area contributed by atoms with E-state index in [0.29, 0.717) is 0 Å². The number of ether oxygens (including phenoxy) is 1. The number of aromatic nitrogens is 2. The second-order valence-electron chi connectivity index (χ2n) is 4.35. The fourth-order valence-electron chi connectivity index (χ4n) is 1.88. The Labute approximate surface area is 116 Å². The fraction of sp³-hybridized carbons (Fsp3) is 0.357. The molecule has 0 aliphatic carbocycles. The first kappa shape index (κ1) is 14.5. The highest BCUT2D eigenvalue weighted by Gasteiger charge is 2.06. The third kappa shape index (κ3) is 4.03. The monoisotopic (exact) mass is 281 g/mol. The van der Waals surface area contributed by atoms with Gasteiger partial charge in [-0.25, -0.2) is 4.98 Å². The van der Waals surface area contributed by atoms with E-state index in [0.717, 1.165) is 36.5 Å². The first-order chi connectivity index (χ1) is 9.69. The van der Waals surface area contributed by atoms with E-state index in [1.165, 1.54) is 12.1 Å². The van der Waals surface area contributed by atoms with Gasteiger partial charge in [-0.1, -0.05) is 0 Å². The van der Waals surface area contributed by atoms with E-state index in [9.17, 15) is 8.78 Å². The van der Waals surface area contributed by atoms with Gasteiger partial charge in [0.25, 0.3) is 0 Å². The minimum atomic E-state index is -2.80. The number of H-pyrrole nitrogens is 1. The Morgan fingerprint density at radius 3 is 2.70 bits per heavy atom. The first-order valence-corrected chi connectivity index (χ1v) is 6.43. The molecule has 0 unspecified atom stereocenters. The minimum absolute atomic E-state index is 0.150. The van der Waals surface area contributed by atoms with Crippen molar-refractivity contribution in [2.75, 3.05) is 13.6 Å². The van der Waals surface area contributed by atoms with Crippen molar-refractivity contribution in [3.63, 3.8) is 0 Å². The maximum Gasteiger partial charge on any atom is 0.387 e. The van der Waals surface area contributed by atoms with Crippen LogP contribution < -0.4 is 10.1 Å². The molecule has 1 aromatic heterocycles. The van der Waals surface area contributed by atoms with Crippen LogP contribution in [0.1, 0.15) is 12.2 Å². The minimum Gasteiger partial charge on any atom is -0.435 e. The lowest BCUT2D eigenvalue weighted by atomic mass is 10.2. The third-order valence-corrected chi connectivity index (χ3v) is 2.86. The molecule has 6 heteroatoms. The van der Waals surface area contributed by atoms with Crippen molar-refractivity contribution < 1.29 is 13.5 Å². The van der Waals surface area contributed by atoms with E-state index < -0.39 is 6.61 Å². The number of nitrogens with one attached hydrogen (secondary N) is 2. The molecule has 108 valence electrons. The fourth-order valence-corrected chi connectivity index (χ4v) is 1.88. The second kappa shape index (κ2) is 7.00. The lowest BCUT2D eigenvalue weighted by Gasteiger charge is -2.04. The van der Waals surface area contributed by atoms with Crippen LogP contribution in [0.15, 0.2) is 30.5 Å². The lowest BCUT2D eigenvalue weighted by molar-refractivity contribution is -0.0498. The third-order valence-electron chi connectivity index (χ3n) is 2.86. The van der Waals surface area contributed by atoms with Gasteiger partial charge in [-0.3, -0.25) is 0 Å². The molecule has 20 heavy (non-hydrogen) atoms. The number of benzene rings is 1. The van der Waals surface area contributed by atoms with Crippen molar-refractivity contribution in [3.8, 4) is 17.0 Å². The number of alkyl halides is 2. The van der Waals surface area contributed by atoms with Crippen molar-refractivity contribution in [3.05, 3.63) is 36.3 Å². The van der Waals surface area contributed by atoms with E-state index in [-0.39, 0.29) is 5.75 Å². The highest BCUT2D eigenvalue weighted by molar-refractivity contribution is 5.59. The number of hydrogen-bond acceptors (Lipinski definition) is 3. The SMILES string of the molecule is CNCCCc1ncc(-c2ccc(OC(F)F)cc2)[nH]1. The number of imidazole rings is 1. The molecule has 0 radical (unpaired) electrons. The molecule has 0 aliphatic heterocycles. The summed E-state index contributed by atoms with van der Waals surface area (Å²) in [5, 5.41) is 3.08. The first-order valence-electron chi connectivity index (χ1n) is 6.43. The standard InChI is InChI=1S/C14H17F2N3O/c1-17-8-2-3-13-18-9-12(19-13)10-4-6-11(7-5-10)20-14(15)16/h4-7,9,14,17H,2-3,8H2,1H3,(H,18,19). The second-order valence-corrected chi connectivity index (χ2v) is 4.35. The molecule has 0 amide bonds. The van der Waals surface area contributed by atoms with Crippen LogP contribution in [0.2, 0.25) is 0 Å². The van der Waals surface area contributed by atoms with Crippen molar-refractivity contribution in [2.24, 2.45) is 0 Å². The van der Waals surface area contributed by atoms with Crippen LogP contribution in [0.3, 0.4) is 0 Å². The molecule has 0 fully saturated rings. The van der Waals surface area contributed by atoms with Crippen LogP contribution in [-0.2, 0) is 6.42 Å². The van der Waals surface area contributed by atoms with Gasteiger partial charge in [0, 0.05) is 6.42 Å². The Morgan fingerprint density at radius 1 is 1.30 bits per heavy atom. The van der Waals surface area contributed by atoms with E-state index in [1.807, 2.05) is 7.05 Å². The van der Waals surface area contributed by atoms with Gasteiger partial charge < -0.3 is 15.0 Å². The van der Waals surface area contributed by atoms with Gasteiger partial charge >= 0.3 is 6.61 Å². The van der Waals surface area contributed by atoms with Crippen molar-refractivity contribution >= 4 is 0 Å².